The molecule has 0 saturated heterocycles. The Kier molecular flexibility index (Phi) is 5.69. The van der Waals surface area contributed by atoms with Crippen LogP contribution in [0.1, 0.15) is 24.6 Å². The van der Waals surface area contributed by atoms with E-state index >= 15 is 0 Å². The van der Waals surface area contributed by atoms with Gasteiger partial charge in [-0.05, 0) is 37.5 Å². The van der Waals surface area contributed by atoms with Gasteiger partial charge in [-0.1, -0.05) is 0 Å². The lowest BCUT2D eigenvalue weighted by molar-refractivity contribution is -0.141. The Morgan fingerprint density at radius 3 is 2.60 bits per heavy atom. The fourth-order valence-corrected chi connectivity index (χ4v) is 2.23. The SMILES string of the molecule is CSCCC(C)N(C)c1nc(C(F)(F)F)ccc1C#N. The summed E-state index contributed by atoms with van der Waals surface area (Å²) >= 11 is 1.67. The van der Waals surface area contributed by atoms with Crippen molar-refractivity contribution in [3.05, 3.63) is 23.4 Å². The molecular formula is C13H16F3N3S. The van der Waals surface area contributed by atoms with Crippen LogP contribution in [-0.2, 0) is 6.18 Å². The molecule has 1 aromatic heterocycles. The van der Waals surface area contributed by atoms with Crippen molar-refractivity contribution in [1.29, 1.82) is 5.26 Å². The van der Waals surface area contributed by atoms with Crippen molar-refractivity contribution in [2.24, 2.45) is 0 Å². The number of thioether (sulfide) groups is 1. The molecule has 1 heterocycles. The van der Waals surface area contributed by atoms with E-state index in [1.807, 2.05) is 19.2 Å². The molecule has 0 aromatic carbocycles. The van der Waals surface area contributed by atoms with Crippen LogP contribution in [0.4, 0.5) is 19.0 Å². The van der Waals surface area contributed by atoms with Crippen LogP contribution >= 0.6 is 11.8 Å². The monoisotopic (exact) mass is 303 g/mol. The lowest BCUT2D eigenvalue weighted by Crippen LogP contribution is -2.31. The summed E-state index contributed by atoms with van der Waals surface area (Å²) < 4.78 is 38.1. The highest BCUT2D eigenvalue weighted by molar-refractivity contribution is 7.98. The molecular weight excluding hydrogens is 287 g/mol. The van der Waals surface area contributed by atoms with Crippen LogP contribution in [0.3, 0.4) is 0 Å². The third-order valence-corrected chi connectivity index (χ3v) is 3.66. The number of hydrogen-bond acceptors (Lipinski definition) is 4. The number of pyridine rings is 1. The average molecular weight is 303 g/mol. The largest absolute Gasteiger partial charge is 0.433 e. The van der Waals surface area contributed by atoms with Crippen LogP contribution in [0.15, 0.2) is 12.1 Å². The molecule has 1 unspecified atom stereocenters. The summed E-state index contributed by atoms with van der Waals surface area (Å²) in [7, 11) is 1.66. The highest BCUT2D eigenvalue weighted by Gasteiger charge is 2.33. The van der Waals surface area contributed by atoms with Crippen LogP contribution in [0.5, 0.6) is 0 Å². The summed E-state index contributed by atoms with van der Waals surface area (Å²) in [6.45, 7) is 1.90. The van der Waals surface area contributed by atoms with E-state index in [9.17, 15) is 13.2 Å². The summed E-state index contributed by atoms with van der Waals surface area (Å²) in [5.74, 6) is 0.975. The average Bonchev–Trinajstić information content (AvgIpc) is 2.42. The van der Waals surface area contributed by atoms with Crippen molar-refractivity contribution in [2.75, 3.05) is 24.0 Å². The van der Waals surface area contributed by atoms with Crippen molar-refractivity contribution in [1.82, 2.24) is 4.98 Å². The molecule has 1 aromatic rings. The first-order valence-corrected chi connectivity index (χ1v) is 7.40. The zero-order chi connectivity index (χ0) is 15.3. The summed E-state index contributed by atoms with van der Waals surface area (Å²) in [6, 6.07) is 3.90. The minimum atomic E-state index is -4.51. The van der Waals surface area contributed by atoms with E-state index < -0.39 is 11.9 Å². The Labute approximate surface area is 120 Å². The van der Waals surface area contributed by atoms with Gasteiger partial charge in [0.1, 0.15) is 17.6 Å². The number of nitriles is 1. The van der Waals surface area contributed by atoms with Crippen LogP contribution in [0.25, 0.3) is 0 Å². The summed E-state index contributed by atoms with van der Waals surface area (Å²) in [4.78, 5) is 5.24. The van der Waals surface area contributed by atoms with Crippen molar-refractivity contribution in [2.45, 2.75) is 25.6 Å². The Morgan fingerprint density at radius 2 is 2.10 bits per heavy atom. The van der Waals surface area contributed by atoms with Gasteiger partial charge in [-0.3, -0.25) is 0 Å². The smallest absolute Gasteiger partial charge is 0.356 e. The Morgan fingerprint density at radius 1 is 1.45 bits per heavy atom. The van der Waals surface area contributed by atoms with Gasteiger partial charge in [-0.2, -0.15) is 30.2 Å². The van der Waals surface area contributed by atoms with Gasteiger partial charge in [-0.25, -0.2) is 4.98 Å². The maximum absolute atomic E-state index is 12.7. The second-order valence-electron chi connectivity index (χ2n) is 4.42. The van der Waals surface area contributed by atoms with Gasteiger partial charge >= 0.3 is 6.18 Å². The topological polar surface area (TPSA) is 39.9 Å². The van der Waals surface area contributed by atoms with Gasteiger partial charge in [0.15, 0.2) is 0 Å². The summed E-state index contributed by atoms with van der Waals surface area (Å²) in [5.41, 5.74) is -0.827. The van der Waals surface area contributed by atoms with Gasteiger partial charge in [0.25, 0.3) is 0 Å². The molecule has 3 nitrogen and oxygen atoms in total. The van der Waals surface area contributed by atoms with E-state index in [0.717, 1.165) is 18.2 Å². The molecule has 0 radical (unpaired) electrons. The zero-order valence-electron chi connectivity index (χ0n) is 11.5. The molecule has 110 valence electrons. The summed E-state index contributed by atoms with van der Waals surface area (Å²) in [5, 5.41) is 9.02. The van der Waals surface area contributed by atoms with E-state index in [4.69, 9.17) is 5.26 Å². The number of nitrogens with zero attached hydrogens (tertiary/aromatic N) is 3. The second-order valence-corrected chi connectivity index (χ2v) is 5.40. The quantitative estimate of drug-likeness (QED) is 0.834. The molecule has 0 aliphatic rings. The fraction of sp³-hybridized carbons (Fsp3) is 0.538. The van der Waals surface area contributed by atoms with E-state index in [-0.39, 0.29) is 17.4 Å². The first-order chi connectivity index (χ1) is 9.31. The number of alkyl halides is 3. The van der Waals surface area contributed by atoms with E-state index in [0.29, 0.717) is 0 Å². The van der Waals surface area contributed by atoms with Crippen molar-refractivity contribution in [3.63, 3.8) is 0 Å². The van der Waals surface area contributed by atoms with Crippen LogP contribution in [0, 0.1) is 11.3 Å². The van der Waals surface area contributed by atoms with E-state index in [2.05, 4.69) is 4.98 Å². The van der Waals surface area contributed by atoms with Crippen LogP contribution in [-0.4, -0.2) is 30.1 Å². The van der Waals surface area contributed by atoms with Gasteiger partial charge in [-0.15, -0.1) is 0 Å². The molecule has 0 aliphatic carbocycles. The molecule has 1 atom stereocenters. The molecule has 0 aliphatic heterocycles. The van der Waals surface area contributed by atoms with Gasteiger partial charge in [0.2, 0.25) is 0 Å². The van der Waals surface area contributed by atoms with Gasteiger partial charge in [0, 0.05) is 13.1 Å². The highest BCUT2D eigenvalue weighted by Crippen LogP contribution is 2.30. The number of halogens is 3. The normalized spacial score (nSPS) is 12.8. The molecule has 0 saturated carbocycles. The Bertz CT molecular complexity index is 497. The number of rotatable bonds is 5. The van der Waals surface area contributed by atoms with E-state index in [1.165, 1.54) is 6.07 Å². The number of anilines is 1. The molecule has 0 fully saturated rings. The predicted molar refractivity (Wildman–Crippen MR) is 74.8 cm³/mol. The first kappa shape index (κ1) is 16.6. The standard InChI is InChI=1S/C13H16F3N3S/c1-9(6-7-20-3)19(2)12-10(8-17)4-5-11(18-12)13(14,15)16/h4-5,9H,6-7H2,1-3H3. The van der Waals surface area contributed by atoms with Crippen LogP contribution in [0.2, 0.25) is 0 Å². The molecule has 0 spiro atoms. The molecule has 0 bridgehead atoms. The minimum absolute atomic E-state index is 0.00512. The molecule has 1 rings (SSSR count). The third kappa shape index (κ3) is 4.04. The second kappa shape index (κ2) is 6.84. The maximum atomic E-state index is 12.7. The summed E-state index contributed by atoms with van der Waals surface area (Å²) in [6.07, 6.45) is -1.73. The van der Waals surface area contributed by atoms with Crippen molar-refractivity contribution < 1.29 is 13.2 Å². The Hall–Kier alpha value is -1.42. The van der Waals surface area contributed by atoms with Crippen LogP contribution < -0.4 is 4.90 Å². The molecule has 20 heavy (non-hydrogen) atoms. The lowest BCUT2D eigenvalue weighted by atomic mass is 10.2. The van der Waals surface area contributed by atoms with Crippen molar-refractivity contribution in [3.8, 4) is 6.07 Å². The highest BCUT2D eigenvalue weighted by atomic mass is 32.2. The third-order valence-electron chi connectivity index (χ3n) is 3.02. The Balaban J connectivity index is 3.11. The zero-order valence-corrected chi connectivity index (χ0v) is 12.3. The van der Waals surface area contributed by atoms with Gasteiger partial charge < -0.3 is 4.90 Å². The lowest BCUT2D eigenvalue weighted by Gasteiger charge is -2.27. The number of aromatic nitrogens is 1. The number of hydrogen-bond donors (Lipinski definition) is 0. The molecule has 7 heteroatoms. The fourth-order valence-electron chi connectivity index (χ4n) is 1.65. The molecule has 0 amide bonds. The molecule has 0 N–H and O–H groups in total. The minimum Gasteiger partial charge on any atom is -0.356 e. The van der Waals surface area contributed by atoms with Gasteiger partial charge in [0.05, 0.1) is 5.56 Å². The first-order valence-electron chi connectivity index (χ1n) is 6.01. The maximum Gasteiger partial charge on any atom is 0.433 e. The van der Waals surface area contributed by atoms with Crippen molar-refractivity contribution >= 4 is 17.6 Å². The van der Waals surface area contributed by atoms with E-state index in [1.54, 1.807) is 23.7 Å². The predicted octanol–water partition coefficient (Wildman–Crippen LogP) is 3.55.